The second-order valence-electron chi connectivity index (χ2n) is 10.8. The van der Waals surface area contributed by atoms with Crippen molar-refractivity contribution in [2.45, 2.75) is 58.5 Å². The summed E-state index contributed by atoms with van der Waals surface area (Å²) in [7, 11) is 0. The fourth-order valence-electron chi connectivity index (χ4n) is 4.36. The molecule has 216 valence electrons. The zero-order chi connectivity index (χ0) is 29.9. The number of carbonyl (C=O) groups excluding carboxylic acids is 1. The highest BCUT2D eigenvalue weighted by Gasteiger charge is 2.35. The number of hydrogen-bond acceptors (Lipinski definition) is 7. The highest BCUT2D eigenvalue weighted by atomic mass is 19.4. The Morgan fingerprint density at radius 3 is 2.27 bits per heavy atom. The lowest BCUT2D eigenvalue weighted by molar-refractivity contribution is -0.157. The molecule has 7 nitrogen and oxygen atoms in total. The Morgan fingerprint density at radius 1 is 1.00 bits per heavy atom. The van der Waals surface area contributed by atoms with Crippen LogP contribution in [0, 0.1) is 6.92 Å². The number of esters is 1. The first kappa shape index (κ1) is 30.0. The Hall–Kier alpha value is -4.02. The standard InChI is InChI=1S/C31H32F3N3O4/c1-18-8-6-7-9-23(18)24-15-14-22(16-25(24)31(32,33)34)28-36-27(37-41-28)21-12-10-20(11-13-21)26(17-38)35-19(2)29(39)40-30(3,4)5/h6-16,19,26,35,38H,17H2,1-5H3/t19-,26?/m1/s1. The van der Waals surface area contributed by atoms with E-state index in [0.717, 1.165) is 11.6 Å². The number of nitrogens with zero attached hydrogens (tertiary/aromatic N) is 2. The number of alkyl halides is 3. The quantitative estimate of drug-likeness (QED) is 0.227. The summed E-state index contributed by atoms with van der Waals surface area (Å²) in [4.78, 5) is 16.6. The zero-order valence-electron chi connectivity index (χ0n) is 23.4. The number of carbonyl (C=O) groups is 1. The van der Waals surface area contributed by atoms with Crippen molar-refractivity contribution in [1.82, 2.24) is 15.5 Å². The average molecular weight is 568 g/mol. The maximum absolute atomic E-state index is 14.0. The molecule has 1 unspecified atom stereocenters. The monoisotopic (exact) mass is 567 g/mol. The summed E-state index contributed by atoms with van der Waals surface area (Å²) in [6.45, 7) is 8.49. The van der Waals surface area contributed by atoms with Gasteiger partial charge in [0, 0.05) is 11.1 Å². The third-order valence-corrected chi connectivity index (χ3v) is 6.40. The van der Waals surface area contributed by atoms with Crippen LogP contribution in [0.2, 0.25) is 0 Å². The van der Waals surface area contributed by atoms with E-state index in [0.29, 0.717) is 16.7 Å². The maximum atomic E-state index is 14.0. The lowest BCUT2D eigenvalue weighted by Gasteiger charge is -2.25. The number of nitrogens with one attached hydrogen (secondary N) is 1. The maximum Gasteiger partial charge on any atom is 0.417 e. The van der Waals surface area contributed by atoms with Crippen LogP contribution in [-0.2, 0) is 15.7 Å². The summed E-state index contributed by atoms with van der Waals surface area (Å²) in [5, 5.41) is 16.9. The fourth-order valence-corrected chi connectivity index (χ4v) is 4.36. The van der Waals surface area contributed by atoms with E-state index in [9.17, 15) is 23.1 Å². The van der Waals surface area contributed by atoms with E-state index in [-0.39, 0.29) is 29.4 Å². The minimum absolute atomic E-state index is 0.0491. The molecule has 0 radical (unpaired) electrons. The van der Waals surface area contributed by atoms with Crippen LogP contribution < -0.4 is 5.32 Å². The summed E-state index contributed by atoms with van der Waals surface area (Å²) in [6.07, 6.45) is -4.59. The molecule has 1 aromatic heterocycles. The Kier molecular flexibility index (Phi) is 8.65. The molecule has 0 saturated carbocycles. The van der Waals surface area contributed by atoms with Gasteiger partial charge in [0.2, 0.25) is 5.82 Å². The number of aliphatic hydroxyl groups excluding tert-OH is 1. The third kappa shape index (κ3) is 7.20. The molecule has 4 rings (SSSR count). The van der Waals surface area contributed by atoms with Gasteiger partial charge in [-0.3, -0.25) is 10.1 Å². The van der Waals surface area contributed by atoms with Gasteiger partial charge in [0.05, 0.1) is 18.2 Å². The number of aliphatic hydroxyl groups is 1. The van der Waals surface area contributed by atoms with Crippen LogP contribution in [0.15, 0.2) is 71.3 Å². The van der Waals surface area contributed by atoms with E-state index in [1.807, 2.05) is 0 Å². The molecule has 0 bridgehead atoms. The molecule has 2 atom stereocenters. The molecule has 0 spiro atoms. The van der Waals surface area contributed by atoms with Gasteiger partial charge in [0.25, 0.3) is 5.89 Å². The van der Waals surface area contributed by atoms with Crippen molar-refractivity contribution < 1.29 is 32.3 Å². The molecule has 10 heteroatoms. The van der Waals surface area contributed by atoms with Gasteiger partial charge in [-0.2, -0.15) is 18.2 Å². The summed E-state index contributed by atoms with van der Waals surface area (Å²) in [5.74, 6) is -0.293. The zero-order valence-corrected chi connectivity index (χ0v) is 23.4. The summed E-state index contributed by atoms with van der Waals surface area (Å²) < 4.78 is 52.8. The highest BCUT2D eigenvalue weighted by Crippen LogP contribution is 2.40. The lowest BCUT2D eigenvalue weighted by Crippen LogP contribution is -2.41. The van der Waals surface area contributed by atoms with Crippen LogP contribution in [0.1, 0.15) is 50.4 Å². The van der Waals surface area contributed by atoms with E-state index < -0.39 is 35.4 Å². The first-order valence-electron chi connectivity index (χ1n) is 13.1. The Balaban J connectivity index is 1.55. The van der Waals surface area contributed by atoms with Gasteiger partial charge in [0.1, 0.15) is 11.6 Å². The van der Waals surface area contributed by atoms with Gasteiger partial charge in [0.15, 0.2) is 0 Å². The molecule has 2 N–H and O–H groups in total. The second kappa shape index (κ2) is 11.8. The normalized spacial score (nSPS) is 13.6. The predicted molar refractivity (Wildman–Crippen MR) is 149 cm³/mol. The van der Waals surface area contributed by atoms with E-state index >= 15 is 0 Å². The number of halogens is 3. The van der Waals surface area contributed by atoms with Crippen LogP contribution in [0.25, 0.3) is 34.0 Å². The molecule has 0 aliphatic rings. The van der Waals surface area contributed by atoms with E-state index in [4.69, 9.17) is 9.26 Å². The second-order valence-corrected chi connectivity index (χ2v) is 10.8. The number of aromatic nitrogens is 2. The molecular formula is C31H32F3N3O4. The number of aryl methyl sites for hydroxylation is 1. The molecule has 0 fully saturated rings. The van der Waals surface area contributed by atoms with Crippen LogP contribution >= 0.6 is 0 Å². The predicted octanol–water partition coefficient (Wildman–Crippen LogP) is 6.75. The third-order valence-electron chi connectivity index (χ3n) is 6.40. The highest BCUT2D eigenvalue weighted by molar-refractivity contribution is 5.76. The lowest BCUT2D eigenvalue weighted by atomic mass is 9.94. The molecule has 0 aliphatic carbocycles. The minimum atomic E-state index is -4.59. The number of ether oxygens (including phenoxy) is 1. The molecule has 0 saturated heterocycles. The molecule has 4 aromatic rings. The van der Waals surface area contributed by atoms with Crippen molar-refractivity contribution in [2.75, 3.05) is 6.61 Å². The Bertz CT molecular complexity index is 1510. The summed E-state index contributed by atoms with van der Waals surface area (Å²) >= 11 is 0. The topological polar surface area (TPSA) is 97.5 Å². The minimum Gasteiger partial charge on any atom is -0.459 e. The van der Waals surface area contributed by atoms with Crippen molar-refractivity contribution >= 4 is 5.97 Å². The Labute approximate surface area is 236 Å². The van der Waals surface area contributed by atoms with Gasteiger partial charge in [-0.05, 0) is 69.0 Å². The van der Waals surface area contributed by atoms with Gasteiger partial charge >= 0.3 is 12.1 Å². The average Bonchev–Trinajstić information content (AvgIpc) is 3.41. The summed E-state index contributed by atoms with van der Waals surface area (Å²) in [6, 6.07) is 16.5. The van der Waals surface area contributed by atoms with E-state index in [2.05, 4.69) is 15.5 Å². The molecular weight excluding hydrogens is 535 g/mol. The molecule has 0 aliphatic heterocycles. The smallest absolute Gasteiger partial charge is 0.417 e. The van der Waals surface area contributed by atoms with Crippen molar-refractivity contribution in [2.24, 2.45) is 0 Å². The van der Waals surface area contributed by atoms with Crippen molar-refractivity contribution in [1.29, 1.82) is 0 Å². The first-order chi connectivity index (χ1) is 19.3. The number of rotatable bonds is 8. The van der Waals surface area contributed by atoms with Crippen molar-refractivity contribution in [3.8, 4) is 34.0 Å². The molecule has 0 amide bonds. The van der Waals surface area contributed by atoms with Crippen molar-refractivity contribution in [3.63, 3.8) is 0 Å². The van der Waals surface area contributed by atoms with Crippen LogP contribution in [-0.4, -0.2) is 39.5 Å². The number of benzene rings is 3. The fraction of sp³-hybridized carbons (Fsp3) is 0.323. The van der Waals surface area contributed by atoms with Gasteiger partial charge in [-0.15, -0.1) is 0 Å². The molecule has 41 heavy (non-hydrogen) atoms. The SMILES string of the molecule is Cc1ccccc1-c1ccc(-c2nc(-c3ccc(C(CO)N[C@H](C)C(=O)OC(C)(C)C)cc3)no2)cc1C(F)(F)F. The van der Waals surface area contributed by atoms with E-state index in [1.165, 1.54) is 12.1 Å². The van der Waals surface area contributed by atoms with Gasteiger partial charge in [-0.1, -0.05) is 59.8 Å². The summed E-state index contributed by atoms with van der Waals surface area (Å²) in [5.41, 5.74) is 1.28. The number of hydrogen-bond donors (Lipinski definition) is 2. The first-order valence-corrected chi connectivity index (χ1v) is 13.1. The van der Waals surface area contributed by atoms with Crippen LogP contribution in [0.3, 0.4) is 0 Å². The molecule has 1 heterocycles. The van der Waals surface area contributed by atoms with E-state index in [1.54, 1.807) is 83.1 Å². The van der Waals surface area contributed by atoms with Crippen LogP contribution in [0.4, 0.5) is 13.2 Å². The van der Waals surface area contributed by atoms with Crippen molar-refractivity contribution in [3.05, 3.63) is 83.4 Å². The molecule has 3 aromatic carbocycles. The Morgan fingerprint density at radius 2 is 1.66 bits per heavy atom. The van der Waals surface area contributed by atoms with Gasteiger partial charge < -0.3 is 14.4 Å². The van der Waals surface area contributed by atoms with Crippen LogP contribution in [0.5, 0.6) is 0 Å². The van der Waals surface area contributed by atoms with Gasteiger partial charge in [-0.25, -0.2) is 0 Å². The largest absolute Gasteiger partial charge is 0.459 e.